The van der Waals surface area contributed by atoms with Crippen molar-refractivity contribution >= 4 is 14.4 Å². The van der Waals surface area contributed by atoms with Crippen molar-refractivity contribution in [2.75, 3.05) is 6.44 Å². The summed E-state index contributed by atoms with van der Waals surface area (Å²) in [6.07, 6.45) is 6.90. The largest absolute Gasteiger partial charge is 0.558 e. The van der Waals surface area contributed by atoms with Gasteiger partial charge in [-0.15, -0.1) is 0 Å². The average Bonchev–Trinajstić information content (AvgIpc) is 2.85. The number of rotatable bonds is 4. The maximum Gasteiger partial charge on any atom is 0.558 e. The molecule has 0 unspecified atom stereocenters. The summed E-state index contributed by atoms with van der Waals surface area (Å²) in [6, 6.07) is 0.456. The Hall–Kier alpha value is -0.0701. The normalized spacial score (nSPS) is 30.3. The SMILES string of the molecule is CC1(C)OB(CN(B2OC(C)(C)C(C)(C)O2)C2CCCCC2)OC1(C)C. The highest BCUT2D eigenvalue weighted by atomic mass is 16.7. The van der Waals surface area contributed by atoms with Crippen molar-refractivity contribution in [1.82, 2.24) is 4.81 Å². The summed E-state index contributed by atoms with van der Waals surface area (Å²) in [7, 11) is -0.608. The molecule has 3 rings (SSSR count). The zero-order chi connectivity index (χ0) is 19.4. The predicted molar refractivity (Wildman–Crippen MR) is 106 cm³/mol. The van der Waals surface area contributed by atoms with Gasteiger partial charge in [-0.3, -0.25) is 4.81 Å². The lowest BCUT2D eigenvalue weighted by molar-refractivity contribution is 0.00578. The predicted octanol–water partition coefficient (Wildman–Crippen LogP) is 3.84. The van der Waals surface area contributed by atoms with Crippen molar-refractivity contribution in [1.29, 1.82) is 0 Å². The third-order valence-corrected chi connectivity index (χ3v) is 7.22. The molecular formula is C19H37B2NO4. The fraction of sp³-hybridized carbons (Fsp3) is 1.00. The molecule has 0 amide bonds. The van der Waals surface area contributed by atoms with E-state index in [1.807, 2.05) is 0 Å². The van der Waals surface area contributed by atoms with E-state index in [1.54, 1.807) is 0 Å². The highest BCUT2D eigenvalue weighted by Crippen LogP contribution is 2.41. The second kappa shape index (κ2) is 6.77. The minimum atomic E-state index is -0.345. The molecule has 0 spiro atoms. The Kier molecular flexibility index (Phi) is 5.38. The molecule has 0 aromatic rings. The molecule has 0 radical (unpaired) electrons. The molecule has 26 heavy (non-hydrogen) atoms. The Balaban J connectivity index is 1.77. The molecule has 0 bridgehead atoms. The van der Waals surface area contributed by atoms with Gasteiger partial charge in [0.15, 0.2) is 0 Å². The molecule has 3 fully saturated rings. The molecular weight excluding hydrogens is 328 g/mol. The van der Waals surface area contributed by atoms with Crippen LogP contribution in [0.5, 0.6) is 0 Å². The quantitative estimate of drug-likeness (QED) is 0.708. The fourth-order valence-electron chi connectivity index (χ4n) is 3.98. The van der Waals surface area contributed by atoms with Crippen LogP contribution in [0.3, 0.4) is 0 Å². The van der Waals surface area contributed by atoms with Crippen molar-refractivity contribution in [3.05, 3.63) is 0 Å². The van der Waals surface area contributed by atoms with E-state index in [9.17, 15) is 0 Å². The first kappa shape index (κ1) is 20.7. The van der Waals surface area contributed by atoms with Gasteiger partial charge in [0, 0.05) is 12.5 Å². The lowest BCUT2D eigenvalue weighted by atomic mass is 9.81. The minimum Gasteiger partial charge on any atom is -0.402 e. The highest BCUT2D eigenvalue weighted by molar-refractivity contribution is 6.50. The van der Waals surface area contributed by atoms with E-state index in [-0.39, 0.29) is 36.8 Å². The van der Waals surface area contributed by atoms with Gasteiger partial charge in [0.1, 0.15) is 0 Å². The molecule has 0 N–H and O–H groups in total. The van der Waals surface area contributed by atoms with Crippen molar-refractivity contribution in [3.63, 3.8) is 0 Å². The number of nitrogens with zero attached hydrogens (tertiary/aromatic N) is 1. The zero-order valence-electron chi connectivity index (χ0n) is 18.1. The number of hydrogen-bond donors (Lipinski definition) is 0. The van der Waals surface area contributed by atoms with Gasteiger partial charge in [0.05, 0.1) is 22.4 Å². The lowest BCUT2D eigenvalue weighted by Gasteiger charge is -2.36. The third-order valence-electron chi connectivity index (χ3n) is 7.22. The van der Waals surface area contributed by atoms with Crippen LogP contribution in [0, 0.1) is 0 Å². The Labute approximate surface area is 160 Å². The van der Waals surface area contributed by atoms with Crippen molar-refractivity contribution < 1.29 is 18.6 Å². The monoisotopic (exact) mass is 365 g/mol. The van der Waals surface area contributed by atoms with E-state index >= 15 is 0 Å². The van der Waals surface area contributed by atoms with Gasteiger partial charge in [-0.1, -0.05) is 19.3 Å². The van der Waals surface area contributed by atoms with E-state index in [0.29, 0.717) is 12.5 Å². The van der Waals surface area contributed by atoms with Gasteiger partial charge in [-0.25, -0.2) is 0 Å². The summed E-state index contributed by atoms with van der Waals surface area (Å²) in [5, 5.41) is 0. The van der Waals surface area contributed by atoms with E-state index < -0.39 is 0 Å². The average molecular weight is 365 g/mol. The summed E-state index contributed by atoms with van der Waals surface area (Å²) in [6.45, 7) is 16.9. The standard InChI is InChI=1S/C19H37B2NO4/c1-16(2)17(3,4)24-20(23-16)14-22(15-12-10-9-11-13-15)21-25-18(5,6)19(7,8)26-21/h15H,9-14H2,1-8H3. The van der Waals surface area contributed by atoms with Crippen molar-refractivity contribution in [3.8, 4) is 0 Å². The molecule has 148 valence electrons. The molecule has 1 saturated carbocycles. The second-order valence-corrected chi connectivity index (χ2v) is 10.2. The topological polar surface area (TPSA) is 40.2 Å². The van der Waals surface area contributed by atoms with Crippen LogP contribution in [0.25, 0.3) is 0 Å². The summed E-state index contributed by atoms with van der Waals surface area (Å²) >= 11 is 0. The van der Waals surface area contributed by atoms with Gasteiger partial charge in [0.25, 0.3) is 0 Å². The molecule has 2 saturated heterocycles. The van der Waals surface area contributed by atoms with Crippen molar-refractivity contribution in [2.24, 2.45) is 0 Å². The lowest BCUT2D eigenvalue weighted by Crippen LogP contribution is -2.53. The smallest absolute Gasteiger partial charge is 0.402 e. The fourth-order valence-corrected chi connectivity index (χ4v) is 3.98. The Bertz CT molecular complexity index is 486. The molecule has 7 heteroatoms. The Morgan fingerprint density at radius 2 is 1.12 bits per heavy atom. The van der Waals surface area contributed by atoms with E-state index in [1.165, 1.54) is 32.1 Å². The van der Waals surface area contributed by atoms with E-state index in [4.69, 9.17) is 18.6 Å². The van der Waals surface area contributed by atoms with Gasteiger partial charge in [0.2, 0.25) is 0 Å². The molecule has 0 atom stereocenters. The molecule has 1 aliphatic carbocycles. The van der Waals surface area contributed by atoms with Crippen LogP contribution in [-0.4, -0.2) is 54.1 Å². The maximum absolute atomic E-state index is 6.39. The van der Waals surface area contributed by atoms with Crippen LogP contribution in [-0.2, 0) is 18.6 Å². The third kappa shape index (κ3) is 3.75. The summed E-state index contributed by atoms with van der Waals surface area (Å²) in [4.78, 5) is 2.36. The summed E-state index contributed by atoms with van der Waals surface area (Å²) in [5.41, 5.74) is -1.29. The van der Waals surface area contributed by atoms with Crippen molar-refractivity contribution in [2.45, 2.75) is 116 Å². The molecule has 0 aromatic heterocycles. The van der Waals surface area contributed by atoms with Gasteiger partial charge >= 0.3 is 14.4 Å². The molecule has 0 aromatic carbocycles. The van der Waals surface area contributed by atoms with E-state index in [2.05, 4.69) is 60.2 Å². The van der Waals surface area contributed by atoms with Gasteiger partial charge in [-0.2, -0.15) is 0 Å². The first-order valence-corrected chi connectivity index (χ1v) is 10.3. The molecule has 3 aliphatic rings. The molecule has 5 nitrogen and oxygen atoms in total. The Morgan fingerprint density at radius 3 is 1.58 bits per heavy atom. The van der Waals surface area contributed by atoms with Crippen LogP contribution < -0.4 is 0 Å². The summed E-state index contributed by atoms with van der Waals surface area (Å²) < 4.78 is 25.3. The summed E-state index contributed by atoms with van der Waals surface area (Å²) in [5.74, 6) is 0. The Morgan fingerprint density at radius 1 is 0.692 bits per heavy atom. The van der Waals surface area contributed by atoms with Crippen LogP contribution >= 0.6 is 0 Å². The van der Waals surface area contributed by atoms with Gasteiger partial charge < -0.3 is 18.6 Å². The van der Waals surface area contributed by atoms with E-state index in [0.717, 1.165) is 0 Å². The highest BCUT2D eigenvalue weighted by Gasteiger charge is 2.57. The van der Waals surface area contributed by atoms with Crippen LogP contribution in [0.15, 0.2) is 0 Å². The zero-order valence-corrected chi connectivity index (χ0v) is 18.1. The molecule has 2 heterocycles. The molecule has 2 aliphatic heterocycles. The maximum atomic E-state index is 6.39. The van der Waals surface area contributed by atoms with Crippen LogP contribution in [0.2, 0.25) is 0 Å². The van der Waals surface area contributed by atoms with Gasteiger partial charge in [-0.05, 0) is 68.2 Å². The van der Waals surface area contributed by atoms with Crippen LogP contribution in [0.1, 0.15) is 87.5 Å². The first-order chi connectivity index (χ1) is 11.8. The second-order valence-electron chi connectivity index (χ2n) is 10.2. The minimum absolute atomic E-state index is 0.263. The first-order valence-electron chi connectivity index (χ1n) is 10.3. The number of hydrogen-bond acceptors (Lipinski definition) is 5. The van der Waals surface area contributed by atoms with Crippen LogP contribution in [0.4, 0.5) is 0 Å².